The Hall–Kier alpha value is -2.91. The van der Waals surface area contributed by atoms with Crippen LogP contribution in [0.3, 0.4) is 0 Å². The Balaban J connectivity index is 1.91. The zero-order valence-electron chi connectivity index (χ0n) is 13.7. The fourth-order valence-corrected chi connectivity index (χ4v) is 1.99. The van der Waals surface area contributed by atoms with Crippen molar-refractivity contribution < 1.29 is 41.7 Å². The first-order valence-electron chi connectivity index (χ1n) is 7.44. The topological polar surface area (TPSA) is 83.1 Å². The first kappa shape index (κ1) is 19.4. The normalized spacial score (nSPS) is 13.4. The zero-order valence-corrected chi connectivity index (χ0v) is 13.7. The number of alkyl halides is 3. The molecule has 0 aromatic heterocycles. The number of ether oxygens (including phenoxy) is 4. The second kappa shape index (κ2) is 8.45. The van der Waals surface area contributed by atoms with E-state index in [-0.39, 0.29) is 0 Å². The lowest BCUT2D eigenvalue weighted by Crippen LogP contribution is -2.36. The van der Waals surface area contributed by atoms with E-state index >= 15 is 0 Å². The van der Waals surface area contributed by atoms with Gasteiger partial charge in [-0.2, -0.15) is 13.2 Å². The Kier molecular flexibility index (Phi) is 6.31. The molecule has 10 heteroatoms. The van der Waals surface area contributed by atoms with Crippen LogP contribution in [0.2, 0.25) is 0 Å². The van der Waals surface area contributed by atoms with E-state index in [4.69, 9.17) is 14.2 Å². The summed E-state index contributed by atoms with van der Waals surface area (Å²) >= 11 is 0. The van der Waals surface area contributed by atoms with Crippen molar-refractivity contribution in [3.05, 3.63) is 23.8 Å². The predicted octanol–water partition coefficient (Wildman–Crippen LogP) is 1.70. The lowest BCUT2D eigenvalue weighted by atomic mass is 10.1. The molecule has 1 amide bonds. The highest BCUT2D eigenvalue weighted by Gasteiger charge is 2.27. The molecule has 0 atom stereocenters. The minimum atomic E-state index is -4.53. The molecule has 0 aliphatic carbocycles. The third kappa shape index (κ3) is 5.87. The van der Waals surface area contributed by atoms with Gasteiger partial charge in [0.1, 0.15) is 19.8 Å². The zero-order chi connectivity index (χ0) is 19.2. The number of nitrogens with one attached hydrogen (secondary N) is 1. The van der Waals surface area contributed by atoms with Gasteiger partial charge in [0, 0.05) is 6.08 Å². The van der Waals surface area contributed by atoms with Crippen molar-refractivity contribution in [2.75, 3.05) is 33.5 Å². The van der Waals surface area contributed by atoms with Crippen LogP contribution in [-0.2, 0) is 14.3 Å². The molecule has 0 saturated heterocycles. The van der Waals surface area contributed by atoms with Gasteiger partial charge in [0.05, 0.1) is 7.11 Å². The summed E-state index contributed by atoms with van der Waals surface area (Å²) in [6.07, 6.45) is -2.12. The van der Waals surface area contributed by atoms with Gasteiger partial charge in [-0.3, -0.25) is 4.79 Å². The minimum absolute atomic E-state index is 0.373. The largest absolute Gasteiger partial charge is 0.493 e. The van der Waals surface area contributed by atoms with Gasteiger partial charge < -0.3 is 24.3 Å². The summed E-state index contributed by atoms with van der Waals surface area (Å²) in [5.74, 6) is -0.609. The van der Waals surface area contributed by atoms with E-state index in [9.17, 15) is 22.8 Å². The summed E-state index contributed by atoms with van der Waals surface area (Å²) in [5, 5.41) is 1.59. The second-order valence-corrected chi connectivity index (χ2v) is 5.08. The average molecular weight is 375 g/mol. The number of hydrogen-bond donors (Lipinski definition) is 1. The van der Waals surface area contributed by atoms with Gasteiger partial charge in [-0.25, -0.2) is 4.79 Å². The van der Waals surface area contributed by atoms with Crippen LogP contribution in [0.5, 0.6) is 17.2 Å². The number of rotatable bonds is 6. The highest BCUT2D eigenvalue weighted by Crippen LogP contribution is 2.40. The summed E-state index contributed by atoms with van der Waals surface area (Å²) in [7, 11) is 1.45. The van der Waals surface area contributed by atoms with Crippen LogP contribution in [0, 0.1) is 0 Å². The smallest absolute Gasteiger partial charge is 0.405 e. The molecule has 0 fully saturated rings. The lowest BCUT2D eigenvalue weighted by molar-refractivity contribution is -0.148. The van der Waals surface area contributed by atoms with Crippen molar-refractivity contribution in [3.8, 4) is 17.2 Å². The number of hydrogen-bond acceptors (Lipinski definition) is 6. The van der Waals surface area contributed by atoms with Crippen molar-refractivity contribution in [1.82, 2.24) is 5.32 Å². The van der Waals surface area contributed by atoms with Crippen LogP contribution in [-0.4, -0.2) is 51.5 Å². The average Bonchev–Trinajstić information content (AvgIpc) is 2.61. The van der Waals surface area contributed by atoms with E-state index in [1.807, 2.05) is 0 Å². The molecule has 0 unspecified atom stereocenters. The van der Waals surface area contributed by atoms with Gasteiger partial charge in [0.15, 0.2) is 18.1 Å². The van der Waals surface area contributed by atoms with E-state index in [0.717, 1.165) is 6.08 Å². The van der Waals surface area contributed by atoms with E-state index in [1.165, 1.54) is 13.2 Å². The molecule has 26 heavy (non-hydrogen) atoms. The predicted molar refractivity (Wildman–Crippen MR) is 83.0 cm³/mol. The standard InChI is InChI=1S/C16H16F3NO6/c1-23-11-6-10(7-12-15(11)25-5-4-24-12)2-3-14(22)26-8-13(21)20-9-16(17,18)19/h2-3,6-7H,4-5,8-9H2,1H3,(H,20,21)/b3-2+. The van der Waals surface area contributed by atoms with Crippen LogP contribution >= 0.6 is 0 Å². The number of halogens is 3. The molecule has 1 aromatic rings. The van der Waals surface area contributed by atoms with Crippen molar-refractivity contribution in [1.29, 1.82) is 0 Å². The molecule has 0 bridgehead atoms. The maximum Gasteiger partial charge on any atom is 0.405 e. The van der Waals surface area contributed by atoms with Crippen LogP contribution in [0.4, 0.5) is 13.2 Å². The molecule has 2 rings (SSSR count). The molecule has 0 saturated carbocycles. The Morgan fingerprint density at radius 2 is 2.00 bits per heavy atom. The quantitative estimate of drug-likeness (QED) is 0.602. The Morgan fingerprint density at radius 3 is 2.69 bits per heavy atom. The first-order valence-corrected chi connectivity index (χ1v) is 7.44. The molecule has 7 nitrogen and oxygen atoms in total. The Morgan fingerprint density at radius 1 is 1.27 bits per heavy atom. The van der Waals surface area contributed by atoms with Crippen LogP contribution < -0.4 is 19.5 Å². The summed E-state index contributed by atoms with van der Waals surface area (Å²) in [5.41, 5.74) is 0.546. The van der Waals surface area contributed by atoms with Gasteiger partial charge in [0.25, 0.3) is 5.91 Å². The van der Waals surface area contributed by atoms with Gasteiger partial charge in [-0.15, -0.1) is 0 Å². The minimum Gasteiger partial charge on any atom is -0.493 e. The number of esters is 1. The molecule has 1 aliphatic heterocycles. The van der Waals surface area contributed by atoms with Crippen molar-refractivity contribution >= 4 is 18.0 Å². The summed E-state index contributed by atoms with van der Waals surface area (Å²) in [6, 6.07) is 3.23. The van der Waals surface area contributed by atoms with Crippen molar-refractivity contribution in [2.45, 2.75) is 6.18 Å². The Labute approximate surface area is 146 Å². The molecule has 1 heterocycles. The van der Waals surface area contributed by atoms with Crippen molar-refractivity contribution in [2.24, 2.45) is 0 Å². The number of methoxy groups -OCH3 is 1. The van der Waals surface area contributed by atoms with E-state index in [2.05, 4.69) is 4.74 Å². The van der Waals surface area contributed by atoms with Gasteiger partial charge in [-0.05, 0) is 23.8 Å². The Bertz CT molecular complexity index is 685. The maximum atomic E-state index is 11.9. The molecule has 1 aromatic carbocycles. The first-order chi connectivity index (χ1) is 12.3. The van der Waals surface area contributed by atoms with Gasteiger partial charge in [0.2, 0.25) is 5.75 Å². The third-order valence-corrected chi connectivity index (χ3v) is 3.09. The highest BCUT2D eigenvalue weighted by molar-refractivity contribution is 5.89. The molecule has 1 aliphatic rings. The van der Waals surface area contributed by atoms with Crippen LogP contribution in [0.25, 0.3) is 6.08 Å². The molecule has 142 valence electrons. The van der Waals surface area contributed by atoms with Gasteiger partial charge in [-0.1, -0.05) is 0 Å². The summed E-state index contributed by atoms with van der Waals surface area (Å²) in [4.78, 5) is 22.7. The number of benzene rings is 1. The number of carbonyl (C=O) groups is 2. The van der Waals surface area contributed by atoms with Crippen molar-refractivity contribution in [3.63, 3.8) is 0 Å². The van der Waals surface area contributed by atoms with E-state index in [1.54, 1.807) is 17.4 Å². The summed E-state index contributed by atoms with van der Waals surface area (Å²) in [6.45, 7) is -1.54. The molecular weight excluding hydrogens is 359 g/mol. The van der Waals surface area contributed by atoms with E-state index < -0.39 is 31.2 Å². The highest BCUT2D eigenvalue weighted by atomic mass is 19.4. The number of carbonyl (C=O) groups excluding carboxylic acids is 2. The van der Waals surface area contributed by atoms with Crippen LogP contribution in [0.1, 0.15) is 5.56 Å². The molecule has 1 N–H and O–H groups in total. The summed E-state index contributed by atoms with van der Waals surface area (Å²) < 4.78 is 56.5. The molecule has 0 spiro atoms. The molecular formula is C16H16F3NO6. The van der Waals surface area contributed by atoms with E-state index in [0.29, 0.717) is 36.0 Å². The number of fused-ring (bicyclic) bond motifs is 1. The monoisotopic (exact) mass is 375 g/mol. The fourth-order valence-electron chi connectivity index (χ4n) is 1.99. The SMILES string of the molecule is COc1cc(/C=C/C(=O)OCC(=O)NCC(F)(F)F)cc2c1OCCO2. The second-order valence-electron chi connectivity index (χ2n) is 5.08. The lowest BCUT2D eigenvalue weighted by Gasteiger charge is -2.20. The molecule has 0 radical (unpaired) electrons. The maximum absolute atomic E-state index is 11.9. The number of amides is 1. The van der Waals surface area contributed by atoms with Crippen LogP contribution in [0.15, 0.2) is 18.2 Å². The van der Waals surface area contributed by atoms with Gasteiger partial charge >= 0.3 is 12.1 Å². The fraction of sp³-hybridized carbons (Fsp3) is 0.375. The third-order valence-electron chi connectivity index (χ3n) is 3.09.